The van der Waals surface area contributed by atoms with Gasteiger partial charge in [0.1, 0.15) is 24.2 Å². The van der Waals surface area contributed by atoms with Gasteiger partial charge in [0.25, 0.3) is 0 Å². The average Bonchev–Trinajstić information content (AvgIpc) is 2.80. The minimum Gasteiger partial charge on any atom is -0.394 e. The van der Waals surface area contributed by atoms with Crippen LogP contribution in [-0.2, 0) is 4.57 Å². The van der Waals surface area contributed by atoms with Gasteiger partial charge in [-0.3, -0.25) is 4.98 Å². The van der Waals surface area contributed by atoms with E-state index in [9.17, 15) is 14.1 Å². The van der Waals surface area contributed by atoms with Crippen molar-refractivity contribution in [3.05, 3.63) is 76.6 Å². The summed E-state index contributed by atoms with van der Waals surface area (Å²) in [5.41, 5.74) is 2.27. The summed E-state index contributed by atoms with van der Waals surface area (Å²) < 4.78 is 41.7. The third-order valence-corrected chi connectivity index (χ3v) is 7.20. The van der Waals surface area contributed by atoms with E-state index in [0.29, 0.717) is 22.4 Å². The molecule has 3 aromatic heterocycles. The lowest BCUT2D eigenvalue weighted by molar-refractivity contribution is 0.274. The number of pyridine rings is 3. The van der Waals surface area contributed by atoms with Crippen molar-refractivity contribution in [3.8, 4) is 11.3 Å². The molecule has 34 heavy (non-hydrogen) atoms. The maximum atomic E-state index is 15.0. The molecule has 0 saturated carbocycles. The fourth-order valence-electron chi connectivity index (χ4n) is 3.60. The first-order valence-electron chi connectivity index (χ1n) is 10.4. The fourth-order valence-corrected chi connectivity index (χ4v) is 4.55. The van der Waals surface area contributed by atoms with Gasteiger partial charge < -0.3 is 15.0 Å². The van der Waals surface area contributed by atoms with Crippen molar-refractivity contribution in [3.63, 3.8) is 0 Å². The highest BCUT2D eigenvalue weighted by atomic mass is 35.5. The van der Waals surface area contributed by atoms with Crippen LogP contribution < -0.4 is 10.8 Å². The van der Waals surface area contributed by atoms with Crippen LogP contribution in [0, 0.1) is 18.6 Å². The molecule has 0 fully saturated rings. The monoisotopic (exact) mass is 502 g/mol. The SMILES string of the molecule is Cc1nc2cc(F)c(-c3ccc(P(C)(C)=O)nc3)nc2c(N[C@H](CO)c2ccccc2F)c1Cl. The molecule has 176 valence electrons. The van der Waals surface area contributed by atoms with Crippen LogP contribution >= 0.6 is 18.7 Å². The van der Waals surface area contributed by atoms with E-state index >= 15 is 4.39 Å². The Bertz CT molecular complexity index is 1430. The number of anilines is 1. The van der Waals surface area contributed by atoms with Crippen molar-refractivity contribution < 1.29 is 18.5 Å². The third-order valence-electron chi connectivity index (χ3n) is 5.37. The molecule has 0 unspecified atom stereocenters. The number of benzene rings is 1. The van der Waals surface area contributed by atoms with Gasteiger partial charge in [-0.05, 0) is 38.5 Å². The van der Waals surface area contributed by atoms with Crippen LogP contribution in [0.4, 0.5) is 14.5 Å². The predicted molar refractivity (Wildman–Crippen MR) is 131 cm³/mol. The van der Waals surface area contributed by atoms with Gasteiger partial charge in [0.15, 0.2) is 5.82 Å². The van der Waals surface area contributed by atoms with Gasteiger partial charge in [0.2, 0.25) is 0 Å². The van der Waals surface area contributed by atoms with E-state index in [1.807, 2.05) is 0 Å². The average molecular weight is 503 g/mol. The van der Waals surface area contributed by atoms with Gasteiger partial charge in [-0.2, -0.15) is 0 Å². The number of hydrogen-bond acceptors (Lipinski definition) is 6. The molecule has 0 radical (unpaired) electrons. The Kier molecular flexibility index (Phi) is 6.67. The quantitative estimate of drug-likeness (QED) is 0.347. The summed E-state index contributed by atoms with van der Waals surface area (Å²) in [6.45, 7) is 4.44. The van der Waals surface area contributed by atoms with E-state index in [2.05, 4.69) is 20.3 Å². The first-order chi connectivity index (χ1) is 16.1. The molecule has 1 atom stereocenters. The first kappa shape index (κ1) is 24.2. The number of aromatic nitrogens is 3. The Morgan fingerprint density at radius 3 is 2.47 bits per heavy atom. The van der Waals surface area contributed by atoms with E-state index in [4.69, 9.17) is 11.6 Å². The number of hydrogen-bond donors (Lipinski definition) is 2. The molecule has 0 aliphatic carbocycles. The van der Waals surface area contributed by atoms with Gasteiger partial charge in [0, 0.05) is 23.4 Å². The second-order valence-corrected chi connectivity index (χ2v) is 11.8. The number of aliphatic hydroxyl groups excluding tert-OH is 1. The highest BCUT2D eigenvalue weighted by Crippen LogP contribution is 2.37. The molecule has 0 aliphatic heterocycles. The van der Waals surface area contributed by atoms with Crippen LogP contribution in [0.3, 0.4) is 0 Å². The number of aryl methyl sites for hydroxylation is 1. The van der Waals surface area contributed by atoms with E-state index < -0.39 is 31.4 Å². The second-order valence-electron chi connectivity index (χ2n) is 8.23. The van der Waals surface area contributed by atoms with Crippen molar-refractivity contribution in [1.29, 1.82) is 0 Å². The molecule has 4 aromatic rings. The second kappa shape index (κ2) is 9.37. The van der Waals surface area contributed by atoms with Crippen LogP contribution in [0.2, 0.25) is 5.02 Å². The van der Waals surface area contributed by atoms with Crippen molar-refractivity contribution in [2.24, 2.45) is 0 Å². The summed E-state index contributed by atoms with van der Waals surface area (Å²) in [5, 5.41) is 13.3. The molecule has 6 nitrogen and oxygen atoms in total. The largest absolute Gasteiger partial charge is 0.394 e. The molecule has 0 spiro atoms. The molecule has 0 aliphatic rings. The molecule has 4 rings (SSSR count). The van der Waals surface area contributed by atoms with Crippen LogP contribution in [0.5, 0.6) is 0 Å². The Morgan fingerprint density at radius 1 is 1.12 bits per heavy atom. The number of fused-ring (bicyclic) bond motifs is 1. The zero-order chi connectivity index (χ0) is 24.6. The molecular formula is C24H22ClF2N4O2P. The first-order valence-corrected chi connectivity index (χ1v) is 13.4. The smallest absolute Gasteiger partial charge is 0.151 e. The van der Waals surface area contributed by atoms with Crippen molar-refractivity contribution >= 4 is 40.9 Å². The Morgan fingerprint density at radius 2 is 1.85 bits per heavy atom. The lowest BCUT2D eigenvalue weighted by Crippen LogP contribution is -2.17. The Labute approximate surface area is 200 Å². The summed E-state index contributed by atoms with van der Waals surface area (Å²) in [6.07, 6.45) is 1.42. The molecular weight excluding hydrogens is 481 g/mol. The predicted octanol–water partition coefficient (Wildman–Crippen LogP) is 5.33. The Balaban J connectivity index is 1.86. The maximum absolute atomic E-state index is 15.0. The molecule has 10 heteroatoms. The Hall–Kier alpha value is -2.93. The minimum absolute atomic E-state index is 0.00444. The summed E-state index contributed by atoms with van der Waals surface area (Å²) in [5.74, 6) is -1.11. The van der Waals surface area contributed by atoms with Gasteiger partial charge >= 0.3 is 0 Å². The van der Waals surface area contributed by atoms with Crippen molar-refractivity contribution in [1.82, 2.24) is 15.0 Å². The van der Waals surface area contributed by atoms with Gasteiger partial charge in [-0.1, -0.05) is 29.8 Å². The lowest BCUT2D eigenvalue weighted by atomic mass is 10.1. The molecule has 3 heterocycles. The van der Waals surface area contributed by atoms with Crippen LogP contribution in [0.1, 0.15) is 17.3 Å². The van der Waals surface area contributed by atoms with Crippen molar-refractivity contribution in [2.75, 3.05) is 25.3 Å². The normalized spacial score (nSPS) is 12.7. The lowest BCUT2D eigenvalue weighted by Gasteiger charge is -2.21. The number of nitrogens with zero attached hydrogens (tertiary/aromatic N) is 3. The number of aliphatic hydroxyl groups is 1. The zero-order valence-electron chi connectivity index (χ0n) is 18.7. The van der Waals surface area contributed by atoms with Crippen molar-refractivity contribution in [2.45, 2.75) is 13.0 Å². The fraction of sp³-hybridized carbons (Fsp3) is 0.208. The van der Waals surface area contributed by atoms with E-state index in [1.54, 1.807) is 50.6 Å². The molecule has 0 bridgehead atoms. The summed E-state index contributed by atoms with van der Waals surface area (Å²) in [4.78, 5) is 13.0. The van der Waals surface area contributed by atoms with Gasteiger partial charge in [-0.15, -0.1) is 0 Å². The summed E-state index contributed by atoms with van der Waals surface area (Å²) in [7, 11) is -2.57. The van der Waals surface area contributed by atoms with Crippen LogP contribution in [0.25, 0.3) is 22.3 Å². The molecule has 1 aromatic carbocycles. The maximum Gasteiger partial charge on any atom is 0.151 e. The topological polar surface area (TPSA) is 88.0 Å². The number of rotatable bonds is 6. The minimum atomic E-state index is -2.57. The number of nitrogens with one attached hydrogen (secondary N) is 1. The highest BCUT2D eigenvalue weighted by molar-refractivity contribution is 7.69. The van der Waals surface area contributed by atoms with Crippen LogP contribution in [0.15, 0.2) is 48.7 Å². The molecule has 2 N–H and O–H groups in total. The highest BCUT2D eigenvalue weighted by Gasteiger charge is 2.22. The molecule has 0 amide bonds. The molecule has 0 saturated heterocycles. The number of halogens is 3. The summed E-state index contributed by atoms with van der Waals surface area (Å²) >= 11 is 6.53. The van der Waals surface area contributed by atoms with E-state index in [-0.39, 0.29) is 27.3 Å². The third kappa shape index (κ3) is 4.67. The zero-order valence-corrected chi connectivity index (χ0v) is 20.3. The van der Waals surface area contributed by atoms with E-state index in [1.165, 1.54) is 18.3 Å². The standard InChI is InChI=1S/C24H22ClF2N4O2P/c1-13-21(25)24(30-19(12-32)15-6-4-5-7-16(15)26)23-18(29-13)10-17(27)22(31-23)14-8-9-20(28-11-14)34(2,3)33/h4-11,19,32H,12H2,1-3H3,(H,29,30)/t19-/m1/s1. The van der Waals surface area contributed by atoms with Gasteiger partial charge in [0.05, 0.1) is 40.0 Å². The van der Waals surface area contributed by atoms with Gasteiger partial charge in [-0.25, -0.2) is 18.7 Å². The van der Waals surface area contributed by atoms with Crippen LogP contribution in [-0.4, -0.2) is 40.0 Å². The summed E-state index contributed by atoms with van der Waals surface area (Å²) in [6, 6.07) is 9.66. The van der Waals surface area contributed by atoms with E-state index in [0.717, 1.165) is 0 Å².